The van der Waals surface area contributed by atoms with Gasteiger partial charge in [0.15, 0.2) is 11.6 Å². The molecule has 0 atom stereocenters. The van der Waals surface area contributed by atoms with Gasteiger partial charge in [0.05, 0.1) is 4.91 Å². The molecule has 0 saturated carbocycles. The molecule has 9 heteroatoms. The third-order valence-corrected chi connectivity index (χ3v) is 5.85. The fraction of sp³-hybridized carbons (Fsp3) is 0.182. The van der Waals surface area contributed by atoms with Crippen molar-refractivity contribution in [2.75, 3.05) is 6.54 Å². The highest BCUT2D eigenvalue weighted by molar-refractivity contribution is 8.26. The van der Waals surface area contributed by atoms with Crippen molar-refractivity contribution in [2.24, 2.45) is 5.92 Å². The van der Waals surface area contributed by atoms with Crippen molar-refractivity contribution in [1.29, 1.82) is 0 Å². The van der Waals surface area contributed by atoms with Crippen molar-refractivity contribution in [3.8, 4) is 11.6 Å². The van der Waals surface area contributed by atoms with E-state index in [2.05, 4.69) is 4.98 Å². The Labute approximate surface area is 187 Å². The lowest BCUT2D eigenvalue weighted by Gasteiger charge is -2.16. The predicted molar refractivity (Wildman–Crippen MR) is 123 cm³/mol. The van der Waals surface area contributed by atoms with Crippen LogP contribution in [0, 0.1) is 11.7 Å². The summed E-state index contributed by atoms with van der Waals surface area (Å²) in [6, 6.07) is 10.9. The molecule has 0 radical (unpaired) electrons. The number of pyridine rings is 1. The number of carbonyl (C=O) groups is 1. The molecule has 0 aliphatic carbocycles. The Morgan fingerprint density at radius 3 is 2.68 bits per heavy atom. The maximum Gasteiger partial charge on any atom is 0.269 e. The van der Waals surface area contributed by atoms with Gasteiger partial charge in [0.2, 0.25) is 5.88 Å². The second kappa shape index (κ2) is 8.60. The van der Waals surface area contributed by atoms with Gasteiger partial charge in [-0.1, -0.05) is 56.0 Å². The van der Waals surface area contributed by atoms with Crippen molar-refractivity contribution < 1.29 is 13.9 Å². The van der Waals surface area contributed by atoms with E-state index in [0.717, 1.165) is 11.8 Å². The minimum atomic E-state index is -0.591. The van der Waals surface area contributed by atoms with Crippen molar-refractivity contribution in [1.82, 2.24) is 14.3 Å². The third-order valence-electron chi connectivity index (χ3n) is 4.47. The van der Waals surface area contributed by atoms with Gasteiger partial charge in [-0.25, -0.2) is 4.39 Å². The minimum Gasteiger partial charge on any atom is -0.435 e. The SMILES string of the molecule is CC(C)CN1C(=O)C(=Cc2c(Oc3ccccc3F)nc3ccccn3c2=O)SC1=S. The van der Waals surface area contributed by atoms with E-state index in [1.807, 2.05) is 13.8 Å². The first kappa shape index (κ1) is 21.2. The molecule has 1 aromatic carbocycles. The summed E-state index contributed by atoms with van der Waals surface area (Å²) in [5.74, 6) is -0.799. The first-order valence-electron chi connectivity index (χ1n) is 9.54. The van der Waals surface area contributed by atoms with Crippen molar-refractivity contribution in [2.45, 2.75) is 13.8 Å². The fourth-order valence-electron chi connectivity index (χ4n) is 3.07. The van der Waals surface area contributed by atoms with E-state index < -0.39 is 11.4 Å². The summed E-state index contributed by atoms with van der Waals surface area (Å²) in [4.78, 5) is 32.3. The third kappa shape index (κ3) is 4.24. The van der Waals surface area contributed by atoms with Gasteiger partial charge in [0.25, 0.3) is 11.5 Å². The van der Waals surface area contributed by atoms with Gasteiger partial charge in [0.1, 0.15) is 15.5 Å². The number of rotatable bonds is 5. The van der Waals surface area contributed by atoms with Crippen LogP contribution >= 0.6 is 24.0 Å². The van der Waals surface area contributed by atoms with Gasteiger partial charge in [0, 0.05) is 12.7 Å². The molecular weight excluding hydrogens is 437 g/mol. The highest BCUT2D eigenvalue weighted by Gasteiger charge is 2.33. The second-order valence-electron chi connectivity index (χ2n) is 7.28. The number of halogens is 1. The molecule has 1 aliphatic heterocycles. The molecular formula is C22H18FN3O3S2. The zero-order chi connectivity index (χ0) is 22.1. The van der Waals surface area contributed by atoms with Crippen LogP contribution in [0.3, 0.4) is 0 Å². The molecule has 0 bridgehead atoms. The van der Waals surface area contributed by atoms with Crippen molar-refractivity contribution >= 4 is 45.9 Å². The number of thiocarbonyl (C=S) groups is 1. The second-order valence-corrected chi connectivity index (χ2v) is 8.96. The molecule has 3 aromatic rings. The van der Waals surface area contributed by atoms with Crippen molar-refractivity contribution in [3.05, 3.63) is 75.3 Å². The lowest BCUT2D eigenvalue weighted by atomic mass is 10.2. The number of hydrogen-bond donors (Lipinski definition) is 0. The molecule has 1 aliphatic rings. The van der Waals surface area contributed by atoms with Crippen LogP contribution in [-0.4, -0.2) is 31.1 Å². The Morgan fingerprint density at radius 1 is 1.19 bits per heavy atom. The number of ether oxygens (including phenoxy) is 1. The number of fused-ring (bicyclic) bond motifs is 1. The molecule has 1 amide bonds. The number of para-hydroxylation sites is 1. The zero-order valence-corrected chi connectivity index (χ0v) is 18.4. The molecule has 0 N–H and O–H groups in total. The van der Waals surface area contributed by atoms with Gasteiger partial charge < -0.3 is 4.74 Å². The molecule has 4 rings (SSSR count). The molecule has 1 saturated heterocycles. The molecule has 158 valence electrons. The molecule has 2 aromatic heterocycles. The summed E-state index contributed by atoms with van der Waals surface area (Å²) >= 11 is 6.46. The van der Waals surface area contributed by atoms with Gasteiger partial charge in [-0.15, -0.1) is 0 Å². The standard InChI is InChI=1S/C22H18FN3O3S2/c1-13(2)12-26-21(28)17(31-22(26)30)11-14-19(29-16-8-4-3-7-15(16)23)24-18-9-5-6-10-25(18)20(14)27/h3-11,13H,12H2,1-2H3. The average molecular weight is 456 g/mol. The monoisotopic (exact) mass is 455 g/mol. The Hall–Kier alpha value is -3.04. The van der Waals surface area contributed by atoms with Gasteiger partial charge >= 0.3 is 0 Å². The minimum absolute atomic E-state index is 0.0389. The number of carbonyl (C=O) groups excluding carboxylic acids is 1. The van der Waals surface area contributed by atoms with Crippen LogP contribution in [0.15, 0.2) is 58.4 Å². The molecule has 0 spiro atoms. The van der Waals surface area contributed by atoms with E-state index in [-0.39, 0.29) is 29.0 Å². The maximum atomic E-state index is 14.2. The summed E-state index contributed by atoms with van der Waals surface area (Å²) < 4.78 is 21.6. The highest BCUT2D eigenvalue weighted by Crippen LogP contribution is 2.34. The fourth-order valence-corrected chi connectivity index (χ4v) is 4.33. The number of thioether (sulfide) groups is 1. The van der Waals surface area contributed by atoms with Crippen LogP contribution in [0.4, 0.5) is 4.39 Å². The molecule has 3 heterocycles. The largest absolute Gasteiger partial charge is 0.435 e. The summed E-state index contributed by atoms with van der Waals surface area (Å²) in [6.45, 7) is 4.46. The van der Waals surface area contributed by atoms with Gasteiger partial charge in [-0.2, -0.15) is 4.98 Å². The molecule has 1 fully saturated rings. The number of benzene rings is 1. The predicted octanol–water partition coefficient (Wildman–Crippen LogP) is 4.48. The lowest BCUT2D eigenvalue weighted by molar-refractivity contribution is -0.122. The van der Waals surface area contributed by atoms with Crippen LogP contribution in [0.1, 0.15) is 19.4 Å². The van der Waals surface area contributed by atoms with E-state index in [1.165, 1.54) is 33.6 Å². The molecule has 0 unspecified atom stereocenters. The zero-order valence-electron chi connectivity index (χ0n) is 16.7. The summed E-state index contributed by atoms with van der Waals surface area (Å²) in [5, 5.41) is 0. The summed E-state index contributed by atoms with van der Waals surface area (Å²) in [6.07, 6.45) is 2.99. The Balaban J connectivity index is 1.85. The Morgan fingerprint density at radius 2 is 1.94 bits per heavy atom. The molecule has 6 nitrogen and oxygen atoms in total. The quantitative estimate of drug-likeness (QED) is 0.418. The first-order chi connectivity index (χ1) is 14.8. The van der Waals surface area contributed by atoms with E-state index in [4.69, 9.17) is 17.0 Å². The van der Waals surface area contributed by atoms with Crippen LogP contribution in [0.5, 0.6) is 11.6 Å². The Bertz CT molecular complexity index is 1290. The lowest BCUT2D eigenvalue weighted by Crippen LogP contribution is -2.31. The van der Waals surface area contributed by atoms with E-state index in [9.17, 15) is 14.0 Å². The van der Waals surface area contributed by atoms with E-state index in [1.54, 1.807) is 30.5 Å². The van der Waals surface area contributed by atoms with Crippen molar-refractivity contribution in [3.63, 3.8) is 0 Å². The van der Waals surface area contributed by atoms with Crippen LogP contribution in [0.25, 0.3) is 11.7 Å². The number of amides is 1. The van der Waals surface area contributed by atoms with Crippen LogP contribution < -0.4 is 10.3 Å². The van der Waals surface area contributed by atoms with Crippen LogP contribution in [-0.2, 0) is 4.79 Å². The Kier molecular flexibility index (Phi) is 5.88. The average Bonchev–Trinajstić information content (AvgIpc) is 2.99. The topological polar surface area (TPSA) is 63.9 Å². The van der Waals surface area contributed by atoms with E-state index >= 15 is 0 Å². The summed E-state index contributed by atoms with van der Waals surface area (Å²) in [5.41, 5.74) is -0.0635. The van der Waals surface area contributed by atoms with Crippen LogP contribution in [0.2, 0.25) is 0 Å². The van der Waals surface area contributed by atoms with Gasteiger partial charge in [-0.3, -0.25) is 18.9 Å². The summed E-state index contributed by atoms with van der Waals surface area (Å²) in [7, 11) is 0. The normalized spacial score (nSPS) is 15.5. The highest BCUT2D eigenvalue weighted by atomic mass is 32.2. The van der Waals surface area contributed by atoms with Gasteiger partial charge in [-0.05, 0) is 36.3 Å². The van der Waals surface area contributed by atoms with E-state index in [0.29, 0.717) is 21.4 Å². The number of nitrogens with zero attached hydrogens (tertiary/aromatic N) is 3. The number of hydrogen-bond acceptors (Lipinski definition) is 6. The first-order valence-corrected chi connectivity index (χ1v) is 10.8. The smallest absolute Gasteiger partial charge is 0.269 e. The number of aromatic nitrogens is 2. The maximum absolute atomic E-state index is 14.2. The molecule has 31 heavy (non-hydrogen) atoms.